The van der Waals surface area contributed by atoms with Gasteiger partial charge in [-0.2, -0.15) is 15.5 Å². The number of hydrogen-bond donors (Lipinski definition) is 3. The number of rotatable bonds is 4. The fraction of sp³-hybridized carbons (Fsp3) is 0.182. The second kappa shape index (κ2) is 5.77. The lowest BCUT2D eigenvalue weighted by atomic mass is 10.3. The van der Waals surface area contributed by atoms with Gasteiger partial charge in [-0.25, -0.2) is 9.78 Å². The predicted octanol–water partition coefficient (Wildman–Crippen LogP) is -0.917. The Morgan fingerprint density at radius 3 is 2.95 bits per heavy atom. The first-order valence-corrected chi connectivity index (χ1v) is 5.59. The molecule has 2 aromatic rings. The van der Waals surface area contributed by atoms with E-state index in [0.717, 1.165) is 6.07 Å². The van der Waals surface area contributed by atoms with Gasteiger partial charge >= 0.3 is 0 Å². The van der Waals surface area contributed by atoms with Gasteiger partial charge in [0.2, 0.25) is 0 Å². The Morgan fingerprint density at radius 2 is 2.35 bits per heavy atom. The van der Waals surface area contributed by atoms with E-state index < -0.39 is 11.5 Å². The van der Waals surface area contributed by atoms with E-state index in [1.807, 2.05) is 6.07 Å². The molecule has 0 aromatic carbocycles. The molecule has 1 amide bonds. The van der Waals surface area contributed by atoms with E-state index in [0.29, 0.717) is 0 Å². The molecule has 2 aromatic heterocycles. The Bertz CT molecular complexity index is 706. The summed E-state index contributed by atoms with van der Waals surface area (Å²) in [4.78, 5) is 22.8. The van der Waals surface area contributed by atoms with Gasteiger partial charge in [-0.1, -0.05) is 0 Å². The average Bonchev–Trinajstić information content (AvgIpc) is 2.82. The van der Waals surface area contributed by atoms with Crippen LogP contribution in [0.15, 0.2) is 23.1 Å². The van der Waals surface area contributed by atoms with E-state index in [-0.39, 0.29) is 30.2 Å². The third-order valence-corrected chi connectivity index (χ3v) is 2.42. The topological polar surface area (TPSA) is 137 Å². The van der Waals surface area contributed by atoms with Gasteiger partial charge in [-0.15, -0.1) is 0 Å². The summed E-state index contributed by atoms with van der Waals surface area (Å²) in [7, 11) is 0. The number of aliphatic hydroxyl groups excluding tert-OH is 1. The van der Waals surface area contributed by atoms with Gasteiger partial charge in [0, 0.05) is 6.07 Å². The Morgan fingerprint density at radius 1 is 1.55 bits per heavy atom. The molecular formula is C11H10N6O3. The van der Waals surface area contributed by atoms with E-state index >= 15 is 0 Å². The lowest BCUT2D eigenvalue weighted by Gasteiger charge is -2.07. The minimum absolute atomic E-state index is 0.00904. The molecule has 0 aliphatic carbocycles. The molecule has 0 saturated heterocycles. The predicted molar refractivity (Wildman–Crippen MR) is 66.8 cm³/mol. The van der Waals surface area contributed by atoms with Crippen LogP contribution in [0, 0.1) is 11.3 Å². The van der Waals surface area contributed by atoms with Crippen LogP contribution in [0.3, 0.4) is 0 Å². The maximum absolute atomic E-state index is 11.9. The normalized spacial score (nSPS) is 10.0. The second-order valence-corrected chi connectivity index (χ2v) is 3.73. The number of aliphatic hydroxyl groups is 1. The van der Waals surface area contributed by atoms with Crippen molar-refractivity contribution < 1.29 is 9.90 Å². The molecule has 102 valence electrons. The van der Waals surface area contributed by atoms with Crippen molar-refractivity contribution in [2.45, 2.75) is 6.54 Å². The van der Waals surface area contributed by atoms with Gasteiger partial charge in [-0.3, -0.25) is 9.59 Å². The van der Waals surface area contributed by atoms with Crippen molar-refractivity contribution in [3.8, 4) is 6.07 Å². The van der Waals surface area contributed by atoms with E-state index in [1.54, 1.807) is 0 Å². The lowest BCUT2D eigenvalue weighted by molar-refractivity contribution is 0.102. The number of aromatic amines is 1. The van der Waals surface area contributed by atoms with Crippen molar-refractivity contribution in [3.63, 3.8) is 0 Å². The summed E-state index contributed by atoms with van der Waals surface area (Å²) in [5.74, 6) is -0.433. The van der Waals surface area contributed by atoms with Crippen molar-refractivity contribution >= 4 is 11.7 Å². The quantitative estimate of drug-likeness (QED) is 0.659. The highest BCUT2D eigenvalue weighted by atomic mass is 16.3. The van der Waals surface area contributed by atoms with E-state index in [9.17, 15) is 9.59 Å². The summed E-state index contributed by atoms with van der Waals surface area (Å²) in [6.45, 7) is -0.0529. The van der Waals surface area contributed by atoms with Crippen molar-refractivity contribution in [2.24, 2.45) is 0 Å². The number of H-pyrrole nitrogens is 1. The molecule has 0 aliphatic rings. The zero-order chi connectivity index (χ0) is 14.5. The summed E-state index contributed by atoms with van der Waals surface area (Å²) >= 11 is 0. The summed E-state index contributed by atoms with van der Waals surface area (Å²) in [5.41, 5.74) is -0.272. The lowest BCUT2D eigenvalue weighted by Crippen LogP contribution is -2.20. The fourth-order valence-electron chi connectivity index (χ4n) is 1.51. The van der Waals surface area contributed by atoms with Gasteiger partial charge in [0.15, 0.2) is 0 Å². The van der Waals surface area contributed by atoms with E-state index in [1.165, 1.54) is 16.9 Å². The molecule has 0 atom stereocenters. The van der Waals surface area contributed by atoms with Crippen molar-refractivity contribution in [1.29, 1.82) is 5.26 Å². The second-order valence-electron chi connectivity index (χ2n) is 3.73. The minimum Gasteiger partial charge on any atom is -0.394 e. The van der Waals surface area contributed by atoms with Crippen molar-refractivity contribution in [2.75, 3.05) is 11.9 Å². The monoisotopic (exact) mass is 274 g/mol. The summed E-state index contributed by atoms with van der Waals surface area (Å²) in [6.07, 6.45) is 1.28. The number of carbonyl (C=O) groups is 1. The number of carbonyl (C=O) groups excluding carboxylic acids is 1. The molecule has 0 fully saturated rings. The Labute approximate surface area is 112 Å². The molecule has 0 saturated carbocycles. The maximum atomic E-state index is 11.9. The maximum Gasteiger partial charge on any atom is 0.277 e. The van der Waals surface area contributed by atoms with Gasteiger partial charge in [0.05, 0.1) is 19.3 Å². The van der Waals surface area contributed by atoms with Gasteiger partial charge in [0.25, 0.3) is 11.5 Å². The third kappa shape index (κ3) is 2.70. The van der Waals surface area contributed by atoms with Crippen LogP contribution in [0.1, 0.15) is 16.1 Å². The first-order chi connectivity index (χ1) is 9.65. The standard InChI is InChI=1S/C11H10N6O3/c12-5-7-6-13-17(3-4-18)10(7)14-11(20)8-1-2-9(19)16-15-8/h1-2,6,18H,3-4H2,(H,14,20)(H,16,19). The van der Waals surface area contributed by atoms with E-state index in [4.69, 9.17) is 10.4 Å². The molecule has 0 radical (unpaired) electrons. The molecule has 9 heteroatoms. The van der Waals surface area contributed by atoms with Gasteiger partial charge < -0.3 is 10.4 Å². The third-order valence-electron chi connectivity index (χ3n) is 2.42. The van der Waals surface area contributed by atoms with Crippen molar-refractivity contribution in [3.05, 3.63) is 39.9 Å². The molecule has 0 aliphatic heterocycles. The summed E-state index contributed by atoms with van der Waals surface area (Å²) in [5, 5.41) is 29.9. The highest BCUT2D eigenvalue weighted by Gasteiger charge is 2.15. The fourth-order valence-corrected chi connectivity index (χ4v) is 1.51. The Kier molecular flexibility index (Phi) is 3.88. The summed E-state index contributed by atoms with van der Waals surface area (Å²) in [6, 6.07) is 4.30. The van der Waals surface area contributed by atoms with Crippen LogP contribution in [-0.4, -0.2) is 37.6 Å². The number of aromatic nitrogens is 4. The highest BCUT2D eigenvalue weighted by Crippen LogP contribution is 2.14. The Hall–Kier alpha value is -2.99. The smallest absolute Gasteiger partial charge is 0.277 e. The highest BCUT2D eigenvalue weighted by molar-refractivity contribution is 6.02. The number of amides is 1. The number of hydrogen-bond acceptors (Lipinski definition) is 6. The molecule has 2 heterocycles. The largest absolute Gasteiger partial charge is 0.394 e. The first kappa shape index (κ1) is 13.4. The SMILES string of the molecule is N#Cc1cnn(CCO)c1NC(=O)c1ccc(=O)[nH]n1. The zero-order valence-electron chi connectivity index (χ0n) is 10.2. The van der Waals surface area contributed by atoms with Crippen LogP contribution >= 0.6 is 0 Å². The number of nitrogens with zero attached hydrogens (tertiary/aromatic N) is 4. The molecule has 3 N–H and O–H groups in total. The molecule has 2 rings (SSSR count). The molecular weight excluding hydrogens is 264 g/mol. The molecule has 9 nitrogen and oxygen atoms in total. The first-order valence-electron chi connectivity index (χ1n) is 5.59. The van der Waals surface area contributed by atoms with Gasteiger partial charge in [-0.05, 0) is 6.07 Å². The van der Waals surface area contributed by atoms with Crippen LogP contribution in [-0.2, 0) is 6.54 Å². The van der Waals surface area contributed by atoms with Crippen LogP contribution < -0.4 is 10.9 Å². The molecule has 0 spiro atoms. The summed E-state index contributed by atoms with van der Waals surface area (Å²) < 4.78 is 1.29. The number of nitriles is 1. The molecule has 20 heavy (non-hydrogen) atoms. The molecule has 0 bridgehead atoms. The average molecular weight is 274 g/mol. The van der Waals surface area contributed by atoms with E-state index in [2.05, 4.69) is 20.6 Å². The van der Waals surface area contributed by atoms with Gasteiger partial charge in [0.1, 0.15) is 23.1 Å². The number of anilines is 1. The number of nitrogens with one attached hydrogen (secondary N) is 2. The van der Waals surface area contributed by atoms with Crippen LogP contribution in [0.25, 0.3) is 0 Å². The van der Waals surface area contributed by atoms with Crippen LogP contribution in [0.4, 0.5) is 5.82 Å². The van der Waals surface area contributed by atoms with Crippen LogP contribution in [0.2, 0.25) is 0 Å². The molecule has 0 unspecified atom stereocenters. The van der Waals surface area contributed by atoms with Crippen molar-refractivity contribution in [1.82, 2.24) is 20.0 Å². The van der Waals surface area contributed by atoms with Crippen LogP contribution in [0.5, 0.6) is 0 Å². The zero-order valence-corrected chi connectivity index (χ0v) is 10.2. The Balaban J connectivity index is 2.27. The minimum atomic E-state index is -0.600.